The topological polar surface area (TPSA) is 60.7 Å². The van der Waals surface area contributed by atoms with Crippen LogP contribution in [0.5, 0.6) is 0 Å². The minimum Gasteiger partial charge on any atom is -0.390 e. The summed E-state index contributed by atoms with van der Waals surface area (Å²) in [5.74, 6) is 0. The predicted octanol–water partition coefficient (Wildman–Crippen LogP) is 11.1. The Morgan fingerprint density at radius 2 is 0.872 bits per heavy atom. The smallest absolute Gasteiger partial charge is 0.136 e. The van der Waals surface area contributed by atoms with Crippen LogP contribution in [0.15, 0.2) is 103 Å². The number of benzene rings is 3. The van der Waals surface area contributed by atoms with Crippen LogP contribution in [-0.2, 0) is 5.41 Å². The van der Waals surface area contributed by atoms with Gasteiger partial charge in [0.05, 0.1) is 11.5 Å². The van der Waals surface area contributed by atoms with E-state index in [4.69, 9.17) is 0 Å². The molecule has 0 radical (unpaired) electrons. The summed E-state index contributed by atoms with van der Waals surface area (Å²) in [7, 11) is 0. The Hall–Kier alpha value is -2.72. The molecule has 0 spiro atoms. The maximum atomic E-state index is 12.7. The Morgan fingerprint density at radius 3 is 1.26 bits per heavy atom. The quantitative estimate of drug-likeness (QED) is 0.0490. The van der Waals surface area contributed by atoms with Crippen molar-refractivity contribution in [1.82, 2.24) is 0 Å². The van der Waals surface area contributed by atoms with E-state index < -0.39 is 23.2 Å². The molecular weight excluding hydrogens is 576 g/mol. The fourth-order valence-corrected chi connectivity index (χ4v) is 7.17. The van der Waals surface area contributed by atoms with E-state index in [9.17, 15) is 15.3 Å². The van der Waals surface area contributed by atoms with Crippen molar-refractivity contribution in [3.8, 4) is 0 Å². The molecule has 47 heavy (non-hydrogen) atoms. The first-order valence-electron chi connectivity index (χ1n) is 18.9. The summed E-state index contributed by atoms with van der Waals surface area (Å²) in [6.07, 6.45) is 22.1. The molecule has 0 fully saturated rings. The molecule has 0 saturated heterocycles. The number of hydrogen-bond acceptors (Lipinski definition) is 3. The molecule has 3 heteroatoms. The highest BCUT2D eigenvalue weighted by Crippen LogP contribution is 2.47. The Bertz CT molecular complexity index is 1110. The van der Waals surface area contributed by atoms with E-state index in [2.05, 4.69) is 13.8 Å². The molecule has 3 nitrogen and oxygen atoms in total. The molecule has 3 aromatic carbocycles. The summed E-state index contributed by atoms with van der Waals surface area (Å²) < 4.78 is 0. The fraction of sp³-hybridized carbons (Fsp3) is 0.545. The first-order valence-corrected chi connectivity index (χ1v) is 18.9. The van der Waals surface area contributed by atoms with Crippen molar-refractivity contribution in [3.63, 3.8) is 0 Å². The number of aliphatic hydroxyl groups is 3. The zero-order chi connectivity index (χ0) is 33.6. The standard InChI is InChI=1S/C44H64O3/c1-3-5-7-9-10-11-12-13-14-15-16-17-18-28-36-41(45)43(47,37-29-8-6-4-2)42(46)44(38-30-22-19-23-31-38,39-32-24-20-25-33-39)40-34-26-21-27-35-40/h19-27,29-35,37,41-42,45-47H,3-18,28,36H2,1-2H3/b37-29+. The molecule has 3 unspecified atom stereocenters. The van der Waals surface area contributed by atoms with E-state index >= 15 is 0 Å². The normalized spacial score (nSPS) is 14.7. The molecule has 0 amide bonds. The van der Waals surface area contributed by atoms with Crippen molar-refractivity contribution in [1.29, 1.82) is 0 Å². The third-order valence-electron chi connectivity index (χ3n) is 10.0. The van der Waals surface area contributed by atoms with Gasteiger partial charge >= 0.3 is 0 Å². The zero-order valence-corrected chi connectivity index (χ0v) is 29.5. The average Bonchev–Trinajstić information content (AvgIpc) is 3.11. The van der Waals surface area contributed by atoms with Gasteiger partial charge in [-0.15, -0.1) is 0 Å². The van der Waals surface area contributed by atoms with Gasteiger partial charge in [-0.05, 0) is 29.5 Å². The minimum atomic E-state index is -1.87. The van der Waals surface area contributed by atoms with Crippen molar-refractivity contribution >= 4 is 0 Å². The molecule has 3 atom stereocenters. The lowest BCUT2D eigenvalue weighted by molar-refractivity contribution is -0.132. The monoisotopic (exact) mass is 640 g/mol. The molecule has 0 heterocycles. The summed E-state index contributed by atoms with van der Waals surface area (Å²) in [4.78, 5) is 0. The van der Waals surface area contributed by atoms with Gasteiger partial charge < -0.3 is 15.3 Å². The van der Waals surface area contributed by atoms with Gasteiger partial charge in [0.25, 0.3) is 0 Å². The molecule has 0 bridgehead atoms. The van der Waals surface area contributed by atoms with Crippen LogP contribution in [-0.4, -0.2) is 33.1 Å². The van der Waals surface area contributed by atoms with Crippen LogP contribution in [0.1, 0.15) is 146 Å². The largest absolute Gasteiger partial charge is 0.390 e. The summed E-state index contributed by atoms with van der Waals surface area (Å²) in [5.41, 5.74) is -0.382. The molecular formula is C44H64O3. The van der Waals surface area contributed by atoms with Gasteiger partial charge in [0.15, 0.2) is 0 Å². The first kappa shape index (κ1) is 38.7. The maximum Gasteiger partial charge on any atom is 0.136 e. The molecule has 258 valence electrons. The van der Waals surface area contributed by atoms with Gasteiger partial charge in [-0.2, -0.15) is 0 Å². The average molecular weight is 641 g/mol. The molecule has 0 aliphatic heterocycles. The molecule has 0 aliphatic carbocycles. The Kier molecular flexibility index (Phi) is 18.1. The van der Waals surface area contributed by atoms with Crippen LogP contribution in [0, 0.1) is 0 Å². The van der Waals surface area contributed by atoms with Gasteiger partial charge in [-0.1, -0.05) is 220 Å². The van der Waals surface area contributed by atoms with Crippen LogP contribution >= 0.6 is 0 Å². The van der Waals surface area contributed by atoms with E-state index in [1.165, 1.54) is 70.6 Å². The number of unbranched alkanes of at least 4 members (excludes halogenated alkanes) is 15. The minimum absolute atomic E-state index is 0.429. The summed E-state index contributed by atoms with van der Waals surface area (Å²) in [6.45, 7) is 4.42. The molecule has 0 aromatic heterocycles. The van der Waals surface area contributed by atoms with Gasteiger partial charge in [-0.3, -0.25) is 0 Å². The number of rotatable bonds is 25. The predicted molar refractivity (Wildman–Crippen MR) is 200 cm³/mol. The highest BCUT2D eigenvalue weighted by molar-refractivity contribution is 5.53. The van der Waals surface area contributed by atoms with Crippen molar-refractivity contribution in [2.75, 3.05) is 0 Å². The molecule has 0 saturated carbocycles. The van der Waals surface area contributed by atoms with E-state index in [1.54, 1.807) is 6.08 Å². The SMILES string of the molecule is CCCC/C=C/C(O)(C(O)CCCCCCCCCCCCCCCC)C(O)C(c1ccccc1)(c1ccccc1)c1ccccc1. The van der Waals surface area contributed by atoms with Gasteiger partial charge in [0.1, 0.15) is 11.7 Å². The van der Waals surface area contributed by atoms with Crippen LogP contribution < -0.4 is 0 Å². The van der Waals surface area contributed by atoms with Gasteiger partial charge in [0.2, 0.25) is 0 Å². The maximum absolute atomic E-state index is 12.7. The lowest BCUT2D eigenvalue weighted by Gasteiger charge is -2.47. The molecule has 3 N–H and O–H groups in total. The Morgan fingerprint density at radius 1 is 0.511 bits per heavy atom. The second-order valence-electron chi connectivity index (χ2n) is 13.6. The van der Waals surface area contributed by atoms with Crippen LogP contribution in [0.4, 0.5) is 0 Å². The van der Waals surface area contributed by atoms with E-state index in [0.717, 1.165) is 55.2 Å². The third-order valence-corrected chi connectivity index (χ3v) is 10.0. The molecule has 3 rings (SSSR count). The van der Waals surface area contributed by atoms with Crippen molar-refractivity contribution in [3.05, 3.63) is 120 Å². The fourth-order valence-electron chi connectivity index (χ4n) is 7.17. The molecule has 3 aromatic rings. The Balaban J connectivity index is 1.74. The highest BCUT2D eigenvalue weighted by Gasteiger charge is 2.54. The van der Waals surface area contributed by atoms with Crippen LogP contribution in [0.2, 0.25) is 0 Å². The lowest BCUT2D eigenvalue weighted by atomic mass is 9.60. The number of aliphatic hydroxyl groups excluding tert-OH is 2. The summed E-state index contributed by atoms with van der Waals surface area (Å²) in [5, 5.41) is 37.1. The van der Waals surface area contributed by atoms with Crippen molar-refractivity contribution in [2.45, 2.75) is 153 Å². The molecule has 0 aliphatic rings. The summed E-state index contributed by atoms with van der Waals surface area (Å²) in [6, 6.07) is 29.9. The number of allylic oxidation sites excluding steroid dienone is 1. The van der Waals surface area contributed by atoms with Crippen LogP contribution in [0.25, 0.3) is 0 Å². The van der Waals surface area contributed by atoms with Crippen molar-refractivity contribution in [2.24, 2.45) is 0 Å². The highest BCUT2D eigenvalue weighted by atomic mass is 16.4. The van der Waals surface area contributed by atoms with Gasteiger partial charge in [-0.25, -0.2) is 0 Å². The van der Waals surface area contributed by atoms with Gasteiger partial charge in [0, 0.05) is 0 Å². The lowest BCUT2D eigenvalue weighted by Crippen LogP contribution is -2.60. The van der Waals surface area contributed by atoms with E-state index in [-0.39, 0.29) is 0 Å². The second-order valence-corrected chi connectivity index (χ2v) is 13.6. The van der Waals surface area contributed by atoms with Crippen LogP contribution in [0.3, 0.4) is 0 Å². The zero-order valence-electron chi connectivity index (χ0n) is 29.5. The van der Waals surface area contributed by atoms with Crippen molar-refractivity contribution < 1.29 is 15.3 Å². The number of hydrogen-bond donors (Lipinski definition) is 3. The Labute approximate surface area is 287 Å². The van der Waals surface area contributed by atoms with E-state index in [1.807, 2.05) is 97.1 Å². The first-order chi connectivity index (χ1) is 23.0. The van der Waals surface area contributed by atoms with E-state index in [0.29, 0.717) is 6.42 Å². The second kappa shape index (κ2) is 22.0. The summed E-state index contributed by atoms with van der Waals surface area (Å²) >= 11 is 0. The third kappa shape index (κ3) is 11.4.